The molecule has 13 atom stereocenters. The van der Waals surface area contributed by atoms with Gasteiger partial charge in [0.2, 0.25) is 6.29 Å². The highest BCUT2D eigenvalue weighted by molar-refractivity contribution is 5.95. The predicted octanol–water partition coefficient (Wildman–Crippen LogP) is 0.585. The van der Waals surface area contributed by atoms with E-state index in [1.54, 1.807) is 13.8 Å². The van der Waals surface area contributed by atoms with Crippen molar-refractivity contribution in [3.05, 3.63) is 41.0 Å². The molecule has 1 heterocycles. The SMILES string of the molecule is Cc1c(O)c(OC2OC(CO)C(O)C(O)C2O)cc2c1C=CC1C2(C)C(=O)CC2(C)C(C(C)(O)C(O)/C=C/C(C)(C)O)C(O)CC12C. The number of rotatable bonds is 7. The van der Waals surface area contributed by atoms with Gasteiger partial charge < -0.3 is 55.4 Å². The van der Waals surface area contributed by atoms with Crippen molar-refractivity contribution >= 4 is 11.9 Å². The topological polar surface area (TPSA) is 218 Å². The lowest BCUT2D eigenvalue weighted by Crippen LogP contribution is -2.63. The van der Waals surface area contributed by atoms with Gasteiger partial charge in [-0.2, -0.15) is 0 Å². The van der Waals surface area contributed by atoms with Gasteiger partial charge in [0.05, 0.1) is 29.3 Å². The molecule has 0 radical (unpaired) electrons. The van der Waals surface area contributed by atoms with Crippen LogP contribution in [0.2, 0.25) is 0 Å². The van der Waals surface area contributed by atoms with Gasteiger partial charge in [-0.15, -0.1) is 0 Å². The number of benzene rings is 1. The number of carbonyl (C=O) groups excluding carboxylic acids is 1. The van der Waals surface area contributed by atoms with Crippen molar-refractivity contribution in [2.45, 2.75) is 121 Å². The van der Waals surface area contributed by atoms with E-state index in [1.807, 2.05) is 26.0 Å². The van der Waals surface area contributed by atoms with Crippen LogP contribution in [-0.4, -0.2) is 112 Å². The van der Waals surface area contributed by atoms with Crippen molar-refractivity contribution in [2.24, 2.45) is 22.7 Å². The number of fused-ring (bicyclic) bond motifs is 5. The quantitative estimate of drug-likeness (QED) is 0.183. The number of carbonyl (C=O) groups is 1. The van der Waals surface area contributed by atoms with E-state index >= 15 is 0 Å². The number of hydrogen-bond acceptors (Lipinski definition) is 12. The number of aliphatic hydroxyl groups is 8. The lowest BCUT2D eigenvalue weighted by molar-refractivity contribution is -0.277. The van der Waals surface area contributed by atoms with Gasteiger partial charge >= 0.3 is 0 Å². The van der Waals surface area contributed by atoms with Gasteiger partial charge in [-0.1, -0.05) is 38.2 Å². The molecule has 0 bridgehead atoms. The minimum atomic E-state index is -1.87. The molecule has 4 aliphatic rings. The maximum atomic E-state index is 14.6. The standard InChI is InChI=1S/C35H50O12/c1-16-17-8-9-22-32(4)13-19(37)29(35(7,45)23(38)10-11-31(2,3)44)33(32,5)14-24(39)34(22,6)18(17)12-20(25(16)40)46-30-28(43)27(42)26(41)21(15-36)47-30/h8-12,19,21-23,26-30,36-38,40-45H,13-15H2,1-7H3/b11-10+. The fourth-order valence-corrected chi connectivity index (χ4v) is 9.16. The summed E-state index contributed by atoms with van der Waals surface area (Å²) >= 11 is 0. The number of aromatic hydroxyl groups is 1. The van der Waals surface area contributed by atoms with Gasteiger partial charge in [0.25, 0.3) is 0 Å². The molecule has 1 aromatic rings. The Kier molecular flexibility index (Phi) is 8.86. The number of aliphatic hydroxyl groups excluding tert-OH is 6. The molecule has 47 heavy (non-hydrogen) atoms. The highest BCUT2D eigenvalue weighted by Gasteiger charge is 2.72. The second-order valence-electron chi connectivity index (χ2n) is 15.5. The Bertz CT molecular complexity index is 1460. The molecule has 0 amide bonds. The summed E-state index contributed by atoms with van der Waals surface area (Å²) in [6.45, 7) is 11.1. The first-order chi connectivity index (χ1) is 21.6. The molecule has 0 aromatic heterocycles. The van der Waals surface area contributed by atoms with Gasteiger partial charge in [-0.25, -0.2) is 0 Å². The molecule has 1 aliphatic heterocycles. The molecule has 1 saturated heterocycles. The number of ether oxygens (including phenoxy) is 2. The molecule has 1 aromatic carbocycles. The van der Waals surface area contributed by atoms with Crippen molar-refractivity contribution in [3.8, 4) is 11.5 Å². The third kappa shape index (κ3) is 5.28. The van der Waals surface area contributed by atoms with Crippen molar-refractivity contribution in [1.82, 2.24) is 0 Å². The molecule has 12 heteroatoms. The van der Waals surface area contributed by atoms with Crippen molar-refractivity contribution in [3.63, 3.8) is 0 Å². The van der Waals surface area contributed by atoms with Gasteiger partial charge in [0, 0.05) is 17.9 Å². The molecule has 3 fully saturated rings. The van der Waals surface area contributed by atoms with Gasteiger partial charge in [-0.3, -0.25) is 4.79 Å². The minimum absolute atomic E-state index is 0.0492. The van der Waals surface area contributed by atoms with Crippen LogP contribution in [-0.2, 0) is 14.9 Å². The molecule has 13 unspecified atom stereocenters. The summed E-state index contributed by atoms with van der Waals surface area (Å²) in [7, 11) is 0. The predicted molar refractivity (Wildman–Crippen MR) is 169 cm³/mol. The first-order valence-corrected chi connectivity index (χ1v) is 16.1. The van der Waals surface area contributed by atoms with E-state index in [9.17, 15) is 50.8 Å². The molecule has 12 nitrogen and oxygen atoms in total. The number of ketones is 1. The monoisotopic (exact) mass is 662 g/mol. The zero-order valence-corrected chi connectivity index (χ0v) is 28.0. The van der Waals surface area contributed by atoms with Crippen LogP contribution in [0.4, 0.5) is 0 Å². The molecule has 2 saturated carbocycles. The van der Waals surface area contributed by atoms with E-state index in [0.717, 1.165) is 0 Å². The Labute approximate surface area is 274 Å². The molecule has 0 spiro atoms. The number of phenols is 1. The Hall–Kier alpha value is -2.39. The molecular weight excluding hydrogens is 612 g/mol. The van der Waals surface area contributed by atoms with E-state index in [4.69, 9.17) is 9.47 Å². The van der Waals surface area contributed by atoms with E-state index in [2.05, 4.69) is 0 Å². The third-order valence-corrected chi connectivity index (χ3v) is 12.0. The number of Topliss-reactive ketones (excluding diaryl/α,β-unsaturated/α-hetero) is 1. The van der Waals surface area contributed by atoms with Gasteiger partial charge in [0.15, 0.2) is 11.5 Å². The average Bonchev–Trinajstić information content (AvgIpc) is 3.19. The van der Waals surface area contributed by atoms with Crippen LogP contribution in [0.5, 0.6) is 11.5 Å². The van der Waals surface area contributed by atoms with Crippen molar-refractivity contribution < 1.29 is 60.2 Å². The second kappa shape index (κ2) is 11.6. The zero-order valence-electron chi connectivity index (χ0n) is 28.0. The van der Waals surface area contributed by atoms with Gasteiger partial charge in [-0.05, 0) is 75.0 Å². The minimum Gasteiger partial charge on any atom is -0.504 e. The third-order valence-electron chi connectivity index (χ3n) is 12.0. The molecule has 9 N–H and O–H groups in total. The first kappa shape index (κ1) is 35.9. The maximum absolute atomic E-state index is 14.6. The summed E-state index contributed by atoms with van der Waals surface area (Å²) in [4.78, 5) is 14.6. The lowest BCUT2D eigenvalue weighted by atomic mass is 9.42. The summed E-state index contributed by atoms with van der Waals surface area (Å²) in [5.74, 6) is -2.03. The lowest BCUT2D eigenvalue weighted by Gasteiger charge is -2.60. The summed E-state index contributed by atoms with van der Waals surface area (Å²) in [5, 5.41) is 96.5. The molecule has 262 valence electrons. The first-order valence-electron chi connectivity index (χ1n) is 16.1. The summed E-state index contributed by atoms with van der Waals surface area (Å²) < 4.78 is 11.4. The maximum Gasteiger partial charge on any atom is 0.229 e. The molecule has 3 aliphatic carbocycles. The normalized spacial score (nSPS) is 42.1. The fraction of sp³-hybridized carbons (Fsp3) is 0.686. The summed E-state index contributed by atoms with van der Waals surface area (Å²) in [6.07, 6.45) is -3.77. The Morgan fingerprint density at radius 1 is 1.06 bits per heavy atom. The van der Waals surface area contributed by atoms with Crippen LogP contribution in [0.15, 0.2) is 24.3 Å². The van der Waals surface area contributed by atoms with Crippen LogP contribution >= 0.6 is 0 Å². The number of hydrogen-bond donors (Lipinski definition) is 9. The second-order valence-corrected chi connectivity index (χ2v) is 15.5. The number of allylic oxidation sites excluding steroid dienone is 1. The Balaban J connectivity index is 1.56. The number of phenolic OH excluding ortho intramolecular Hbond substituents is 1. The van der Waals surface area contributed by atoms with Crippen LogP contribution in [0, 0.1) is 29.6 Å². The van der Waals surface area contributed by atoms with E-state index in [1.165, 1.54) is 39.0 Å². The highest BCUT2D eigenvalue weighted by Crippen LogP contribution is 2.71. The largest absolute Gasteiger partial charge is 0.504 e. The van der Waals surface area contributed by atoms with Crippen LogP contribution in [0.25, 0.3) is 6.08 Å². The smallest absolute Gasteiger partial charge is 0.229 e. The van der Waals surface area contributed by atoms with E-state index in [-0.39, 0.29) is 30.1 Å². The van der Waals surface area contributed by atoms with E-state index in [0.29, 0.717) is 16.7 Å². The summed E-state index contributed by atoms with van der Waals surface area (Å²) in [5.41, 5.74) is -4.55. The highest BCUT2D eigenvalue weighted by atomic mass is 16.7. The van der Waals surface area contributed by atoms with Crippen LogP contribution < -0.4 is 4.74 Å². The Morgan fingerprint density at radius 2 is 1.70 bits per heavy atom. The fourth-order valence-electron chi connectivity index (χ4n) is 9.16. The van der Waals surface area contributed by atoms with Crippen LogP contribution in [0.3, 0.4) is 0 Å². The van der Waals surface area contributed by atoms with Crippen LogP contribution in [0.1, 0.15) is 71.1 Å². The zero-order chi connectivity index (χ0) is 35.2. The van der Waals surface area contributed by atoms with Crippen molar-refractivity contribution in [2.75, 3.05) is 6.61 Å². The van der Waals surface area contributed by atoms with E-state index < -0.39 is 88.8 Å². The molecule has 5 rings (SSSR count). The Morgan fingerprint density at radius 3 is 2.30 bits per heavy atom. The average molecular weight is 663 g/mol. The molecular formula is C35H50O12. The summed E-state index contributed by atoms with van der Waals surface area (Å²) in [6, 6.07) is 1.50. The van der Waals surface area contributed by atoms with Gasteiger partial charge in [0.1, 0.15) is 36.3 Å². The van der Waals surface area contributed by atoms with Crippen molar-refractivity contribution in [1.29, 1.82) is 0 Å².